The zero-order chi connectivity index (χ0) is 17.8. The number of aryl methyl sites for hydroxylation is 2. The number of likely N-dealkylation sites (tertiary alicyclic amines) is 1. The number of hydrogen-bond acceptors (Lipinski definition) is 5. The standard InChI is InChI=1S/C16H23N7O2/c1-12-9-13(21(2)19-12)15(25)18-16-17-11-23(20-16)10-14(24)22-7-5-3-4-6-8-22/h9,11H,3-8,10H2,1-2H3,(H,18,20,25). The molecule has 25 heavy (non-hydrogen) atoms. The Bertz CT molecular complexity index is 756. The van der Waals surface area contributed by atoms with E-state index >= 15 is 0 Å². The lowest BCUT2D eigenvalue weighted by Gasteiger charge is -2.19. The molecule has 3 rings (SSSR count). The van der Waals surface area contributed by atoms with E-state index in [4.69, 9.17) is 0 Å². The molecule has 1 N–H and O–H groups in total. The predicted octanol–water partition coefficient (Wildman–Crippen LogP) is 0.975. The Morgan fingerprint density at radius 2 is 1.88 bits per heavy atom. The number of aromatic nitrogens is 5. The fourth-order valence-corrected chi connectivity index (χ4v) is 2.98. The smallest absolute Gasteiger partial charge is 0.276 e. The summed E-state index contributed by atoms with van der Waals surface area (Å²) in [6.07, 6.45) is 5.91. The maximum absolute atomic E-state index is 12.4. The molecule has 0 saturated carbocycles. The Labute approximate surface area is 146 Å². The highest BCUT2D eigenvalue weighted by molar-refractivity contribution is 6.02. The average molecular weight is 345 g/mol. The molecule has 1 aliphatic heterocycles. The van der Waals surface area contributed by atoms with E-state index < -0.39 is 0 Å². The second-order valence-corrected chi connectivity index (χ2v) is 6.31. The van der Waals surface area contributed by atoms with Crippen LogP contribution in [0.1, 0.15) is 41.9 Å². The molecule has 1 fully saturated rings. The van der Waals surface area contributed by atoms with Gasteiger partial charge in [0.25, 0.3) is 5.91 Å². The molecule has 9 heteroatoms. The van der Waals surface area contributed by atoms with Crippen molar-refractivity contribution in [3.8, 4) is 0 Å². The van der Waals surface area contributed by atoms with E-state index in [0.29, 0.717) is 5.69 Å². The van der Waals surface area contributed by atoms with Crippen LogP contribution in [0.5, 0.6) is 0 Å². The molecule has 9 nitrogen and oxygen atoms in total. The molecule has 2 aromatic rings. The Morgan fingerprint density at radius 3 is 2.52 bits per heavy atom. The van der Waals surface area contributed by atoms with Gasteiger partial charge in [-0.15, -0.1) is 5.10 Å². The molecule has 0 unspecified atom stereocenters. The van der Waals surface area contributed by atoms with E-state index in [0.717, 1.165) is 31.6 Å². The fraction of sp³-hybridized carbons (Fsp3) is 0.562. The number of nitrogens with zero attached hydrogens (tertiary/aromatic N) is 6. The lowest BCUT2D eigenvalue weighted by atomic mass is 10.2. The fourth-order valence-electron chi connectivity index (χ4n) is 2.98. The van der Waals surface area contributed by atoms with Gasteiger partial charge in [0, 0.05) is 20.1 Å². The molecule has 3 heterocycles. The first-order chi connectivity index (χ1) is 12.0. The molecular formula is C16H23N7O2. The summed E-state index contributed by atoms with van der Waals surface area (Å²) < 4.78 is 2.96. The molecule has 1 aliphatic rings. The minimum absolute atomic E-state index is 0.0342. The number of rotatable bonds is 4. The molecule has 2 amide bonds. The number of carbonyl (C=O) groups excluding carboxylic acids is 2. The Balaban J connectivity index is 1.59. The van der Waals surface area contributed by atoms with Crippen molar-refractivity contribution in [2.24, 2.45) is 7.05 Å². The van der Waals surface area contributed by atoms with Gasteiger partial charge < -0.3 is 4.90 Å². The zero-order valence-corrected chi connectivity index (χ0v) is 14.6. The van der Waals surface area contributed by atoms with Gasteiger partial charge in [-0.2, -0.15) is 5.10 Å². The van der Waals surface area contributed by atoms with Gasteiger partial charge in [-0.05, 0) is 25.8 Å². The first-order valence-corrected chi connectivity index (χ1v) is 8.52. The van der Waals surface area contributed by atoms with E-state index in [1.165, 1.54) is 28.5 Å². The largest absolute Gasteiger partial charge is 0.341 e. The Kier molecular flexibility index (Phi) is 5.11. The molecule has 0 bridgehead atoms. The third-order valence-electron chi connectivity index (χ3n) is 4.25. The lowest BCUT2D eigenvalue weighted by Crippen LogP contribution is -2.34. The third kappa shape index (κ3) is 4.23. The average Bonchev–Trinajstić information content (AvgIpc) is 3.02. The van der Waals surface area contributed by atoms with Gasteiger partial charge in [-0.25, -0.2) is 9.67 Å². The summed E-state index contributed by atoms with van der Waals surface area (Å²) in [5.74, 6) is -0.126. The van der Waals surface area contributed by atoms with Gasteiger partial charge in [0.15, 0.2) is 0 Å². The van der Waals surface area contributed by atoms with Crippen LogP contribution in [0.15, 0.2) is 12.4 Å². The van der Waals surface area contributed by atoms with Crippen LogP contribution in [0, 0.1) is 6.92 Å². The summed E-state index contributed by atoms with van der Waals surface area (Å²) in [4.78, 5) is 30.5. The molecule has 0 atom stereocenters. The number of amides is 2. The summed E-state index contributed by atoms with van der Waals surface area (Å²) in [6.45, 7) is 3.56. The second-order valence-electron chi connectivity index (χ2n) is 6.31. The van der Waals surface area contributed by atoms with Crippen molar-refractivity contribution in [3.63, 3.8) is 0 Å². The van der Waals surface area contributed by atoms with E-state index in [1.807, 2.05) is 11.8 Å². The summed E-state index contributed by atoms with van der Waals surface area (Å²) in [7, 11) is 1.70. The van der Waals surface area contributed by atoms with Crippen LogP contribution in [0.25, 0.3) is 0 Å². The Morgan fingerprint density at radius 1 is 1.16 bits per heavy atom. The van der Waals surface area contributed by atoms with E-state index in [2.05, 4.69) is 20.5 Å². The van der Waals surface area contributed by atoms with E-state index in [-0.39, 0.29) is 24.3 Å². The third-order valence-corrected chi connectivity index (χ3v) is 4.25. The molecule has 1 saturated heterocycles. The molecule has 0 aromatic carbocycles. The van der Waals surface area contributed by atoms with Crippen LogP contribution in [0.4, 0.5) is 5.95 Å². The normalized spacial score (nSPS) is 15.0. The number of anilines is 1. The molecule has 134 valence electrons. The number of carbonyl (C=O) groups is 2. The van der Waals surface area contributed by atoms with Gasteiger partial charge in [0.05, 0.1) is 5.69 Å². The van der Waals surface area contributed by atoms with Gasteiger partial charge >= 0.3 is 0 Å². The highest BCUT2D eigenvalue weighted by Crippen LogP contribution is 2.10. The van der Waals surface area contributed by atoms with Gasteiger partial charge in [-0.3, -0.25) is 19.6 Å². The van der Waals surface area contributed by atoms with Crippen molar-refractivity contribution in [3.05, 3.63) is 23.8 Å². The maximum atomic E-state index is 12.4. The Hall–Kier alpha value is -2.71. The quantitative estimate of drug-likeness (QED) is 0.890. The van der Waals surface area contributed by atoms with Crippen LogP contribution < -0.4 is 5.32 Å². The minimum atomic E-state index is -0.334. The zero-order valence-electron chi connectivity index (χ0n) is 14.6. The summed E-state index contributed by atoms with van der Waals surface area (Å²) in [5, 5.41) is 10.9. The topological polar surface area (TPSA) is 97.9 Å². The first kappa shape index (κ1) is 17.1. The lowest BCUT2D eigenvalue weighted by molar-refractivity contribution is -0.132. The summed E-state index contributed by atoms with van der Waals surface area (Å²) >= 11 is 0. The molecule has 0 aliphatic carbocycles. The van der Waals surface area contributed by atoms with Gasteiger partial charge in [-0.1, -0.05) is 12.8 Å². The summed E-state index contributed by atoms with van der Waals surface area (Å²) in [6, 6.07) is 1.69. The number of nitrogens with one attached hydrogen (secondary N) is 1. The summed E-state index contributed by atoms with van der Waals surface area (Å²) in [5.41, 5.74) is 1.18. The van der Waals surface area contributed by atoms with Crippen molar-refractivity contribution in [2.75, 3.05) is 18.4 Å². The molecule has 0 radical (unpaired) electrons. The van der Waals surface area contributed by atoms with Gasteiger partial charge in [0.2, 0.25) is 11.9 Å². The van der Waals surface area contributed by atoms with Crippen LogP contribution in [-0.2, 0) is 18.4 Å². The monoisotopic (exact) mass is 345 g/mol. The van der Waals surface area contributed by atoms with Crippen molar-refractivity contribution in [1.29, 1.82) is 0 Å². The highest BCUT2D eigenvalue weighted by atomic mass is 16.2. The van der Waals surface area contributed by atoms with E-state index in [1.54, 1.807) is 13.1 Å². The van der Waals surface area contributed by atoms with Crippen LogP contribution in [0.2, 0.25) is 0 Å². The molecular weight excluding hydrogens is 322 g/mol. The van der Waals surface area contributed by atoms with Gasteiger partial charge in [0.1, 0.15) is 18.6 Å². The van der Waals surface area contributed by atoms with Crippen molar-refractivity contribution in [2.45, 2.75) is 39.2 Å². The maximum Gasteiger partial charge on any atom is 0.276 e. The first-order valence-electron chi connectivity index (χ1n) is 8.52. The predicted molar refractivity (Wildman–Crippen MR) is 91.0 cm³/mol. The SMILES string of the molecule is Cc1cc(C(=O)Nc2ncn(CC(=O)N3CCCCCC3)n2)n(C)n1. The number of hydrogen-bond donors (Lipinski definition) is 1. The van der Waals surface area contributed by atoms with Crippen LogP contribution in [0.3, 0.4) is 0 Å². The molecule has 0 spiro atoms. The van der Waals surface area contributed by atoms with Crippen molar-refractivity contribution < 1.29 is 9.59 Å². The molecule has 2 aromatic heterocycles. The van der Waals surface area contributed by atoms with Crippen LogP contribution in [-0.4, -0.2) is 54.3 Å². The van der Waals surface area contributed by atoms with Crippen LogP contribution >= 0.6 is 0 Å². The van der Waals surface area contributed by atoms with Crippen molar-refractivity contribution >= 4 is 17.8 Å². The second kappa shape index (κ2) is 7.45. The minimum Gasteiger partial charge on any atom is -0.341 e. The van der Waals surface area contributed by atoms with Crippen molar-refractivity contribution in [1.82, 2.24) is 29.4 Å². The van der Waals surface area contributed by atoms with E-state index in [9.17, 15) is 9.59 Å². The highest BCUT2D eigenvalue weighted by Gasteiger charge is 2.18.